The van der Waals surface area contributed by atoms with E-state index in [-0.39, 0.29) is 5.41 Å². The van der Waals surface area contributed by atoms with Gasteiger partial charge in [-0.15, -0.1) is 0 Å². The van der Waals surface area contributed by atoms with Gasteiger partial charge in [0.15, 0.2) is 0 Å². The maximum absolute atomic E-state index is 4.65. The Balaban J connectivity index is 2.86. The second kappa shape index (κ2) is 7.46. The summed E-state index contributed by atoms with van der Waals surface area (Å²) in [6, 6.07) is 2.01. The molecule has 0 atom stereocenters. The van der Waals surface area contributed by atoms with E-state index in [9.17, 15) is 0 Å². The lowest BCUT2D eigenvalue weighted by atomic mass is 9.96. The summed E-state index contributed by atoms with van der Waals surface area (Å²) in [5, 5.41) is 6.77. The van der Waals surface area contributed by atoms with Crippen molar-refractivity contribution in [1.29, 1.82) is 0 Å². The third-order valence-corrected chi connectivity index (χ3v) is 2.98. The van der Waals surface area contributed by atoms with Crippen LogP contribution >= 0.6 is 0 Å². The van der Waals surface area contributed by atoms with E-state index >= 15 is 0 Å². The Morgan fingerprint density at radius 1 is 1.05 bits per heavy atom. The number of aromatic nitrogens is 2. The van der Waals surface area contributed by atoms with Crippen molar-refractivity contribution in [3.8, 4) is 0 Å². The maximum Gasteiger partial charge on any atom is 0.138 e. The van der Waals surface area contributed by atoms with Crippen LogP contribution in [0.5, 0.6) is 0 Å². The molecule has 4 nitrogen and oxygen atoms in total. The lowest BCUT2D eigenvalue weighted by Crippen LogP contribution is -2.19. The molecule has 0 spiro atoms. The molecule has 114 valence electrons. The highest BCUT2D eigenvalue weighted by Gasteiger charge is 2.19. The number of nitrogens with zero attached hydrogens (tertiary/aromatic N) is 2. The molecule has 0 fully saturated rings. The molecule has 4 heteroatoms. The lowest BCUT2D eigenvalue weighted by Gasteiger charge is -2.19. The van der Waals surface area contributed by atoms with E-state index in [0.717, 1.165) is 43.4 Å². The lowest BCUT2D eigenvalue weighted by molar-refractivity contribution is 0.546. The quantitative estimate of drug-likeness (QED) is 0.790. The molecule has 1 rings (SSSR count). The fraction of sp³-hybridized carbons (Fsp3) is 0.750. The van der Waals surface area contributed by atoms with Crippen molar-refractivity contribution in [3.05, 3.63) is 11.9 Å². The van der Waals surface area contributed by atoms with E-state index < -0.39 is 0 Å². The fourth-order valence-corrected chi connectivity index (χ4v) is 1.71. The van der Waals surface area contributed by atoms with Crippen molar-refractivity contribution < 1.29 is 0 Å². The van der Waals surface area contributed by atoms with Crippen molar-refractivity contribution in [2.75, 3.05) is 23.7 Å². The zero-order valence-electron chi connectivity index (χ0n) is 13.9. The van der Waals surface area contributed by atoms with Gasteiger partial charge in [0, 0.05) is 24.6 Å². The molecule has 0 amide bonds. The molecule has 2 N–H and O–H groups in total. The fourth-order valence-electron chi connectivity index (χ4n) is 1.71. The third-order valence-electron chi connectivity index (χ3n) is 2.98. The smallest absolute Gasteiger partial charge is 0.138 e. The molecule has 1 aromatic rings. The van der Waals surface area contributed by atoms with Gasteiger partial charge in [0.05, 0.1) is 0 Å². The summed E-state index contributed by atoms with van der Waals surface area (Å²) in [4.78, 5) is 9.27. The highest BCUT2D eigenvalue weighted by atomic mass is 15.1. The summed E-state index contributed by atoms with van der Waals surface area (Å²) in [5.74, 6) is 3.41. The van der Waals surface area contributed by atoms with Gasteiger partial charge in [-0.2, -0.15) is 0 Å². The molecular formula is C16H30N4. The highest BCUT2D eigenvalue weighted by Crippen LogP contribution is 2.22. The molecule has 1 aromatic heterocycles. The van der Waals surface area contributed by atoms with Crippen molar-refractivity contribution >= 4 is 11.6 Å². The van der Waals surface area contributed by atoms with Crippen LogP contribution in [0, 0.1) is 5.92 Å². The molecule has 0 aliphatic rings. The van der Waals surface area contributed by atoms with E-state index in [1.54, 1.807) is 0 Å². The monoisotopic (exact) mass is 278 g/mol. The van der Waals surface area contributed by atoms with Crippen LogP contribution in [0.4, 0.5) is 11.6 Å². The Morgan fingerprint density at radius 2 is 1.60 bits per heavy atom. The van der Waals surface area contributed by atoms with Gasteiger partial charge in [-0.1, -0.05) is 41.5 Å². The van der Waals surface area contributed by atoms with E-state index in [2.05, 4.69) is 62.1 Å². The summed E-state index contributed by atoms with van der Waals surface area (Å²) < 4.78 is 0. The van der Waals surface area contributed by atoms with E-state index in [4.69, 9.17) is 0 Å². The molecule has 1 heterocycles. The van der Waals surface area contributed by atoms with Crippen molar-refractivity contribution in [2.24, 2.45) is 5.92 Å². The number of nitrogens with one attached hydrogen (secondary N) is 2. The van der Waals surface area contributed by atoms with Gasteiger partial charge in [-0.25, -0.2) is 9.97 Å². The number of rotatable bonds is 7. The first-order chi connectivity index (χ1) is 9.32. The van der Waals surface area contributed by atoms with Crippen LogP contribution in [0.15, 0.2) is 6.07 Å². The van der Waals surface area contributed by atoms with Gasteiger partial charge in [-0.05, 0) is 18.8 Å². The van der Waals surface area contributed by atoms with Crippen LogP contribution in [0.1, 0.15) is 60.2 Å². The van der Waals surface area contributed by atoms with Crippen LogP contribution in [-0.2, 0) is 5.41 Å². The van der Waals surface area contributed by atoms with Crippen molar-refractivity contribution in [2.45, 2.75) is 59.8 Å². The van der Waals surface area contributed by atoms with Gasteiger partial charge in [0.2, 0.25) is 0 Å². The van der Waals surface area contributed by atoms with Gasteiger partial charge in [0.1, 0.15) is 17.5 Å². The first-order valence-corrected chi connectivity index (χ1v) is 7.70. The Morgan fingerprint density at radius 3 is 2.05 bits per heavy atom. The molecule has 0 radical (unpaired) electrons. The van der Waals surface area contributed by atoms with Crippen LogP contribution in [0.3, 0.4) is 0 Å². The summed E-state index contributed by atoms with van der Waals surface area (Å²) in [7, 11) is 0. The number of anilines is 2. The van der Waals surface area contributed by atoms with Crippen LogP contribution in [0.2, 0.25) is 0 Å². The molecule has 0 bridgehead atoms. The third kappa shape index (κ3) is 5.76. The molecule has 20 heavy (non-hydrogen) atoms. The minimum atomic E-state index is -0.0433. The van der Waals surface area contributed by atoms with Crippen LogP contribution < -0.4 is 10.6 Å². The minimum Gasteiger partial charge on any atom is -0.370 e. The summed E-state index contributed by atoms with van der Waals surface area (Å²) in [6.07, 6.45) is 2.23. The van der Waals surface area contributed by atoms with E-state index in [1.807, 2.05) is 6.07 Å². The topological polar surface area (TPSA) is 49.8 Å². The van der Waals surface area contributed by atoms with Crippen LogP contribution in [0.25, 0.3) is 0 Å². The average molecular weight is 278 g/mol. The number of hydrogen-bond acceptors (Lipinski definition) is 4. The molecule has 0 aromatic carbocycles. The first kappa shape index (κ1) is 16.7. The standard InChI is InChI=1S/C16H30N4/c1-7-9-17-13-11-14(18-10-8-12(2)3)20-15(19-13)16(4,5)6/h11-12H,7-10H2,1-6H3,(H2,17,18,19,20). The molecular weight excluding hydrogens is 248 g/mol. The van der Waals surface area contributed by atoms with E-state index in [0.29, 0.717) is 5.92 Å². The van der Waals surface area contributed by atoms with E-state index in [1.165, 1.54) is 0 Å². The van der Waals surface area contributed by atoms with Crippen molar-refractivity contribution in [1.82, 2.24) is 9.97 Å². The Bertz CT molecular complexity index is 407. The maximum atomic E-state index is 4.65. The van der Waals surface area contributed by atoms with Gasteiger partial charge in [-0.3, -0.25) is 0 Å². The highest BCUT2D eigenvalue weighted by molar-refractivity contribution is 5.48. The van der Waals surface area contributed by atoms with Gasteiger partial charge < -0.3 is 10.6 Å². The average Bonchev–Trinajstić information content (AvgIpc) is 2.34. The predicted molar refractivity (Wildman–Crippen MR) is 87.5 cm³/mol. The summed E-state index contributed by atoms with van der Waals surface area (Å²) in [5.41, 5.74) is -0.0433. The van der Waals surface area contributed by atoms with Crippen LogP contribution in [-0.4, -0.2) is 23.1 Å². The molecule has 0 saturated heterocycles. The first-order valence-electron chi connectivity index (χ1n) is 7.70. The number of hydrogen-bond donors (Lipinski definition) is 2. The molecule has 0 aliphatic heterocycles. The van der Waals surface area contributed by atoms with Gasteiger partial charge in [0.25, 0.3) is 0 Å². The van der Waals surface area contributed by atoms with Gasteiger partial charge >= 0.3 is 0 Å². The summed E-state index contributed by atoms with van der Waals surface area (Å²) in [6.45, 7) is 14.9. The molecule has 0 unspecified atom stereocenters. The Labute approximate surface area is 123 Å². The zero-order chi connectivity index (χ0) is 15.2. The normalized spacial score (nSPS) is 11.8. The molecule has 0 saturated carbocycles. The van der Waals surface area contributed by atoms with Crippen molar-refractivity contribution in [3.63, 3.8) is 0 Å². The summed E-state index contributed by atoms with van der Waals surface area (Å²) >= 11 is 0. The SMILES string of the molecule is CCCNc1cc(NCCC(C)C)nc(C(C)(C)C)n1. The Hall–Kier alpha value is -1.32. The zero-order valence-corrected chi connectivity index (χ0v) is 13.9. The largest absolute Gasteiger partial charge is 0.370 e. The predicted octanol–water partition coefficient (Wildman–Crippen LogP) is 4.05. The second-order valence-electron chi connectivity index (χ2n) is 6.75. The minimum absolute atomic E-state index is 0.0433. The second-order valence-corrected chi connectivity index (χ2v) is 6.75. The Kier molecular flexibility index (Phi) is 6.24. The molecule has 0 aliphatic carbocycles.